The molecule has 2 saturated carbocycles. The van der Waals surface area contributed by atoms with Gasteiger partial charge in [0.25, 0.3) is 0 Å². The van der Waals surface area contributed by atoms with Gasteiger partial charge in [0.05, 0.1) is 13.0 Å². The number of hydrogen-bond acceptors (Lipinski definition) is 2. The first-order valence-electron chi connectivity index (χ1n) is 4.87. The Morgan fingerprint density at radius 1 is 1.46 bits per heavy atom. The van der Waals surface area contributed by atoms with E-state index in [-0.39, 0.29) is 11.9 Å². The van der Waals surface area contributed by atoms with E-state index in [1.165, 1.54) is 13.5 Å². The molecule has 0 spiro atoms. The van der Waals surface area contributed by atoms with Crippen molar-refractivity contribution in [2.24, 2.45) is 23.7 Å². The molecule has 2 aliphatic rings. The summed E-state index contributed by atoms with van der Waals surface area (Å²) in [4.78, 5) is 11.4. The van der Waals surface area contributed by atoms with Crippen LogP contribution < -0.4 is 0 Å². The Labute approximate surface area is 92.5 Å². The Kier molecular flexibility index (Phi) is 2.55. The van der Waals surface area contributed by atoms with Crippen LogP contribution in [0.15, 0.2) is 0 Å². The topological polar surface area (TPSA) is 26.3 Å². The van der Waals surface area contributed by atoms with Crippen molar-refractivity contribution in [3.63, 3.8) is 0 Å². The average molecular weight is 294 g/mol. The summed E-state index contributed by atoms with van der Waals surface area (Å²) in [6.45, 7) is 2.31. The van der Waals surface area contributed by atoms with Crippen molar-refractivity contribution in [3.8, 4) is 0 Å². The smallest absolute Gasteiger partial charge is 0.308 e. The Hall–Kier alpha value is 0.200. The van der Waals surface area contributed by atoms with Gasteiger partial charge in [-0.15, -0.1) is 0 Å². The van der Waals surface area contributed by atoms with Gasteiger partial charge in [0.15, 0.2) is 0 Å². The maximum atomic E-state index is 11.4. The lowest BCUT2D eigenvalue weighted by Gasteiger charge is -2.28. The third-order valence-corrected chi connectivity index (χ3v) is 5.87. The summed E-state index contributed by atoms with van der Waals surface area (Å²) in [6.07, 6.45) is 2.31. The van der Waals surface area contributed by atoms with Crippen molar-refractivity contribution in [1.29, 1.82) is 0 Å². The van der Waals surface area contributed by atoms with Crippen LogP contribution in [0.1, 0.15) is 19.8 Å². The Bertz CT molecular complexity index is 227. The molecule has 3 heteroatoms. The third-order valence-electron chi connectivity index (χ3n) is 3.81. The fourth-order valence-electron chi connectivity index (χ4n) is 2.96. The third kappa shape index (κ3) is 1.39. The van der Waals surface area contributed by atoms with E-state index in [1.54, 1.807) is 0 Å². The second-order valence-corrected chi connectivity index (χ2v) is 5.77. The van der Waals surface area contributed by atoms with Crippen molar-refractivity contribution < 1.29 is 9.53 Å². The van der Waals surface area contributed by atoms with Gasteiger partial charge in [-0.05, 0) is 30.6 Å². The minimum Gasteiger partial charge on any atom is -0.469 e. The maximum absolute atomic E-state index is 11.4. The minimum atomic E-state index is 0.0149. The highest BCUT2D eigenvalue weighted by molar-refractivity contribution is 14.1. The minimum absolute atomic E-state index is 0.0149. The van der Waals surface area contributed by atoms with E-state index >= 15 is 0 Å². The molecule has 0 amide bonds. The maximum Gasteiger partial charge on any atom is 0.308 e. The molecule has 74 valence electrons. The summed E-state index contributed by atoms with van der Waals surface area (Å²) in [5.74, 6) is 2.38. The zero-order chi connectivity index (χ0) is 9.59. The van der Waals surface area contributed by atoms with Gasteiger partial charge in [0.2, 0.25) is 0 Å². The van der Waals surface area contributed by atoms with E-state index in [4.69, 9.17) is 4.74 Å². The van der Waals surface area contributed by atoms with Crippen LogP contribution in [0.25, 0.3) is 0 Å². The van der Waals surface area contributed by atoms with E-state index in [1.807, 2.05) is 0 Å². The van der Waals surface area contributed by atoms with Gasteiger partial charge >= 0.3 is 5.97 Å². The number of carbonyl (C=O) groups is 1. The number of fused-ring (bicyclic) bond motifs is 2. The van der Waals surface area contributed by atoms with Crippen LogP contribution in [0, 0.1) is 23.7 Å². The van der Waals surface area contributed by atoms with Crippen LogP contribution in [-0.2, 0) is 9.53 Å². The van der Waals surface area contributed by atoms with Crippen molar-refractivity contribution in [1.82, 2.24) is 0 Å². The van der Waals surface area contributed by atoms with Crippen LogP contribution >= 0.6 is 22.6 Å². The molecule has 0 aromatic rings. The number of methoxy groups -OCH3 is 1. The average Bonchev–Trinajstić information content (AvgIpc) is 2.67. The molecule has 0 aliphatic heterocycles. The first-order valence-corrected chi connectivity index (χ1v) is 6.11. The van der Waals surface area contributed by atoms with E-state index in [2.05, 4.69) is 29.5 Å². The molecule has 5 atom stereocenters. The highest BCUT2D eigenvalue weighted by Gasteiger charge is 2.52. The van der Waals surface area contributed by atoms with Gasteiger partial charge in [0, 0.05) is 3.92 Å². The predicted octanol–water partition coefficient (Wildman–Crippen LogP) is 2.26. The number of ether oxygens (including phenoxy) is 1. The predicted molar refractivity (Wildman–Crippen MR) is 58.7 cm³/mol. The fraction of sp³-hybridized carbons (Fsp3) is 0.900. The second-order valence-electron chi connectivity index (χ2n) is 4.33. The molecule has 0 N–H and O–H groups in total. The molecule has 2 aliphatic carbocycles. The normalized spacial score (nSPS) is 48.1. The molecule has 5 unspecified atom stereocenters. The van der Waals surface area contributed by atoms with E-state index in [0.717, 1.165) is 18.3 Å². The van der Waals surface area contributed by atoms with Gasteiger partial charge in [0.1, 0.15) is 0 Å². The molecule has 0 radical (unpaired) electrons. The highest BCUT2D eigenvalue weighted by Crippen LogP contribution is 2.54. The zero-order valence-electron chi connectivity index (χ0n) is 8.00. The van der Waals surface area contributed by atoms with E-state index in [9.17, 15) is 4.79 Å². The van der Waals surface area contributed by atoms with Crippen LogP contribution in [0.5, 0.6) is 0 Å². The van der Waals surface area contributed by atoms with E-state index in [0.29, 0.717) is 9.84 Å². The number of rotatable bonds is 1. The number of esters is 1. The zero-order valence-corrected chi connectivity index (χ0v) is 10.2. The summed E-state index contributed by atoms with van der Waals surface area (Å²) in [5.41, 5.74) is 0. The Morgan fingerprint density at radius 3 is 2.62 bits per heavy atom. The molecular weight excluding hydrogens is 279 g/mol. The SMILES string of the molecule is COC(=O)C1CC2CC1C(I)C2C. The summed E-state index contributed by atoms with van der Waals surface area (Å²) in [5, 5.41) is 0. The van der Waals surface area contributed by atoms with Crippen molar-refractivity contribution in [2.75, 3.05) is 7.11 Å². The largest absolute Gasteiger partial charge is 0.469 e. The number of halogens is 1. The molecule has 2 nitrogen and oxygen atoms in total. The molecular formula is C10H15IO2. The van der Waals surface area contributed by atoms with Crippen LogP contribution in [-0.4, -0.2) is 17.0 Å². The Morgan fingerprint density at radius 2 is 2.15 bits per heavy atom. The van der Waals surface area contributed by atoms with Gasteiger partial charge in [-0.25, -0.2) is 0 Å². The van der Waals surface area contributed by atoms with Crippen LogP contribution in [0.4, 0.5) is 0 Å². The number of alkyl halides is 1. The lowest BCUT2D eigenvalue weighted by atomic mass is 9.83. The molecule has 0 saturated heterocycles. The van der Waals surface area contributed by atoms with Crippen LogP contribution in [0.3, 0.4) is 0 Å². The summed E-state index contributed by atoms with van der Waals surface area (Å²) < 4.78 is 5.51. The quantitative estimate of drug-likeness (QED) is 0.421. The molecule has 0 aromatic heterocycles. The lowest BCUT2D eigenvalue weighted by Crippen LogP contribution is -2.32. The van der Waals surface area contributed by atoms with Gasteiger partial charge in [-0.1, -0.05) is 29.5 Å². The van der Waals surface area contributed by atoms with Crippen LogP contribution in [0.2, 0.25) is 0 Å². The first kappa shape index (κ1) is 9.74. The molecule has 13 heavy (non-hydrogen) atoms. The summed E-state index contributed by atoms with van der Waals surface area (Å²) in [6, 6.07) is 0. The lowest BCUT2D eigenvalue weighted by molar-refractivity contribution is -0.147. The highest BCUT2D eigenvalue weighted by atomic mass is 127. The molecule has 2 bridgehead atoms. The standard InChI is InChI=1S/C10H15IO2/c1-5-6-3-7(9(5)11)8(4-6)10(12)13-2/h5-9H,3-4H2,1-2H3. The van der Waals surface area contributed by atoms with Crippen molar-refractivity contribution >= 4 is 28.6 Å². The summed E-state index contributed by atoms with van der Waals surface area (Å²) in [7, 11) is 1.50. The second kappa shape index (κ2) is 3.41. The molecule has 2 fully saturated rings. The number of carbonyl (C=O) groups excluding carboxylic acids is 1. The Balaban J connectivity index is 2.10. The van der Waals surface area contributed by atoms with Crippen molar-refractivity contribution in [3.05, 3.63) is 0 Å². The van der Waals surface area contributed by atoms with Gasteiger partial charge < -0.3 is 4.74 Å². The number of hydrogen-bond donors (Lipinski definition) is 0. The molecule has 0 aromatic carbocycles. The van der Waals surface area contributed by atoms with Gasteiger partial charge in [-0.3, -0.25) is 4.79 Å². The molecule has 0 heterocycles. The van der Waals surface area contributed by atoms with E-state index < -0.39 is 0 Å². The monoisotopic (exact) mass is 294 g/mol. The molecule has 2 rings (SSSR count). The van der Waals surface area contributed by atoms with Gasteiger partial charge in [-0.2, -0.15) is 0 Å². The summed E-state index contributed by atoms with van der Waals surface area (Å²) >= 11 is 2.51. The fourth-order valence-corrected chi connectivity index (χ4v) is 4.35. The van der Waals surface area contributed by atoms with Crippen molar-refractivity contribution in [2.45, 2.75) is 23.7 Å². The first-order chi connectivity index (χ1) is 6.15.